The van der Waals surface area contributed by atoms with Gasteiger partial charge in [0.05, 0.1) is 0 Å². The van der Waals surface area contributed by atoms with Gasteiger partial charge in [-0.25, -0.2) is 0 Å². The summed E-state index contributed by atoms with van der Waals surface area (Å²) in [6.07, 6.45) is 1.10. The van der Waals surface area contributed by atoms with E-state index in [9.17, 15) is 0 Å². The predicted molar refractivity (Wildman–Crippen MR) is 55.4 cm³/mol. The van der Waals surface area contributed by atoms with Crippen LogP contribution >= 0.6 is 11.3 Å². The molecule has 0 spiro atoms. The van der Waals surface area contributed by atoms with Crippen LogP contribution in [0.4, 0.5) is 0 Å². The van der Waals surface area contributed by atoms with Crippen molar-refractivity contribution in [2.24, 2.45) is 5.92 Å². The molecular formula is C11H14S. The van der Waals surface area contributed by atoms with Crippen molar-refractivity contribution < 1.29 is 0 Å². The first-order chi connectivity index (χ1) is 5.72. The Hall–Kier alpha value is -0.740. The van der Waals surface area contributed by atoms with Gasteiger partial charge in [-0.15, -0.1) is 23.2 Å². The van der Waals surface area contributed by atoms with Crippen molar-refractivity contribution in [3.63, 3.8) is 0 Å². The second kappa shape index (κ2) is 4.33. The van der Waals surface area contributed by atoms with Crippen LogP contribution in [0.2, 0.25) is 0 Å². The number of aryl methyl sites for hydroxylation is 1. The van der Waals surface area contributed by atoms with Gasteiger partial charge in [0, 0.05) is 15.7 Å². The summed E-state index contributed by atoms with van der Waals surface area (Å²) in [6, 6.07) is 4.37. The third-order valence-electron chi connectivity index (χ3n) is 1.69. The van der Waals surface area contributed by atoms with Gasteiger partial charge in [0.25, 0.3) is 0 Å². The number of thiophene rings is 1. The largest absolute Gasteiger partial charge is 0.146 e. The molecule has 64 valence electrons. The van der Waals surface area contributed by atoms with Crippen molar-refractivity contribution in [1.82, 2.24) is 0 Å². The summed E-state index contributed by atoms with van der Waals surface area (Å²) in [5.41, 5.74) is 0. The summed E-state index contributed by atoms with van der Waals surface area (Å²) in [5, 5.41) is 0. The van der Waals surface area contributed by atoms with Gasteiger partial charge in [0.1, 0.15) is 0 Å². The van der Waals surface area contributed by atoms with E-state index in [1.807, 2.05) is 18.3 Å². The maximum absolute atomic E-state index is 3.16. The Kier molecular flexibility index (Phi) is 3.37. The molecule has 12 heavy (non-hydrogen) atoms. The molecule has 1 heterocycles. The van der Waals surface area contributed by atoms with E-state index in [0.29, 0.717) is 5.92 Å². The van der Waals surface area contributed by atoms with Crippen LogP contribution in [-0.4, -0.2) is 0 Å². The van der Waals surface area contributed by atoms with Crippen LogP contribution in [0.15, 0.2) is 12.1 Å². The SMILES string of the molecule is CC#CC(C)Cc1ccc(C)s1. The molecule has 1 atom stereocenters. The number of hydrogen-bond donors (Lipinski definition) is 0. The van der Waals surface area contributed by atoms with Gasteiger partial charge in [0.2, 0.25) is 0 Å². The Bertz CT molecular complexity index is 298. The van der Waals surface area contributed by atoms with Crippen LogP contribution in [0.5, 0.6) is 0 Å². The van der Waals surface area contributed by atoms with E-state index >= 15 is 0 Å². The monoisotopic (exact) mass is 178 g/mol. The number of hydrogen-bond acceptors (Lipinski definition) is 1. The molecule has 0 radical (unpaired) electrons. The molecule has 0 saturated carbocycles. The minimum absolute atomic E-state index is 0.494. The fourth-order valence-electron chi connectivity index (χ4n) is 1.19. The average molecular weight is 178 g/mol. The highest BCUT2D eigenvalue weighted by atomic mass is 32.1. The van der Waals surface area contributed by atoms with Gasteiger partial charge >= 0.3 is 0 Å². The summed E-state index contributed by atoms with van der Waals surface area (Å²) in [5.74, 6) is 6.60. The Morgan fingerprint density at radius 1 is 1.50 bits per heavy atom. The molecule has 1 heteroatoms. The van der Waals surface area contributed by atoms with Gasteiger partial charge in [0.15, 0.2) is 0 Å². The van der Waals surface area contributed by atoms with Crippen LogP contribution in [-0.2, 0) is 6.42 Å². The first-order valence-corrected chi connectivity index (χ1v) is 5.01. The Morgan fingerprint density at radius 2 is 2.25 bits per heavy atom. The fourth-order valence-corrected chi connectivity index (χ4v) is 2.21. The molecule has 0 aliphatic heterocycles. The highest BCUT2D eigenvalue weighted by Gasteiger charge is 2.01. The minimum atomic E-state index is 0.494. The van der Waals surface area contributed by atoms with E-state index in [1.165, 1.54) is 9.75 Å². The van der Waals surface area contributed by atoms with E-state index < -0.39 is 0 Å². The molecule has 1 aromatic rings. The molecule has 1 unspecified atom stereocenters. The minimum Gasteiger partial charge on any atom is -0.146 e. The van der Waals surface area contributed by atoms with Crippen molar-refractivity contribution in [3.8, 4) is 11.8 Å². The Labute approximate surface area is 78.6 Å². The third-order valence-corrected chi connectivity index (χ3v) is 2.72. The van der Waals surface area contributed by atoms with Crippen molar-refractivity contribution in [3.05, 3.63) is 21.9 Å². The summed E-state index contributed by atoms with van der Waals surface area (Å²) in [6.45, 7) is 6.21. The zero-order valence-electron chi connectivity index (χ0n) is 7.85. The molecule has 0 bridgehead atoms. The van der Waals surface area contributed by atoms with Crippen LogP contribution in [0.1, 0.15) is 23.6 Å². The molecule has 0 aromatic carbocycles. The molecule has 1 aromatic heterocycles. The van der Waals surface area contributed by atoms with Crippen LogP contribution < -0.4 is 0 Å². The molecule has 0 aliphatic rings. The first-order valence-electron chi connectivity index (χ1n) is 4.20. The lowest BCUT2D eigenvalue weighted by atomic mass is 10.1. The lowest BCUT2D eigenvalue weighted by Gasteiger charge is -1.99. The van der Waals surface area contributed by atoms with Crippen molar-refractivity contribution in [2.75, 3.05) is 0 Å². The van der Waals surface area contributed by atoms with Crippen LogP contribution in [0, 0.1) is 24.7 Å². The highest BCUT2D eigenvalue weighted by Crippen LogP contribution is 2.18. The number of rotatable bonds is 2. The zero-order chi connectivity index (χ0) is 8.97. The highest BCUT2D eigenvalue weighted by molar-refractivity contribution is 7.11. The summed E-state index contributed by atoms with van der Waals surface area (Å²) >= 11 is 1.87. The van der Waals surface area contributed by atoms with E-state index in [4.69, 9.17) is 0 Å². The van der Waals surface area contributed by atoms with Crippen molar-refractivity contribution in [2.45, 2.75) is 27.2 Å². The molecular weight excluding hydrogens is 164 g/mol. The van der Waals surface area contributed by atoms with Crippen LogP contribution in [0.25, 0.3) is 0 Å². The zero-order valence-corrected chi connectivity index (χ0v) is 8.66. The van der Waals surface area contributed by atoms with Gasteiger partial charge in [-0.2, -0.15) is 0 Å². The maximum atomic E-state index is 3.16. The summed E-state index contributed by atoms with van der Waals surface area (Å²) in [7, 11) is 0. The summed E-state index contributed by atoms with van der Waals surface area (Å²) < 4.78 is 0. The fraction of sp³-hybridized carbons (Fsp3) is 0.455. The maximum Gasteiger partial charge on any atom is 0.0222 e. The van der Waals surface area contributed by atoms with E-state index in [1.54, 1.807) is 0 Å². The van der Waals surface area contributed by atoms with E-state index in [0.717, 1.165) is 6.42 Å². The Balaban J connectivity index is 2.56. The smallest absolute Gasteiger partial charge is 0.0222 e. The first kappa shape index (κ1) is 9.35. The lowest BCUT2D eigenvalue weighted by Crippen LogP contribution is -1.93. The normalized spacial score (nSPS) is 11.9. The molecule has 0 aliphatic carbocycles. The van der Waals surface area contributed by atoms with Crippen molar-refractivity contribution in [1.29, 1.82) is 0 Å². The quantitative estimate of drug-likeness (QED) is 0.610. The molecule has 0 amide bonds. The predicted octanol–water partition coefficient (Wildman–Crippen LogP) is 3.26. The molecule has 0 nitrogen and oxygen atoms in total. The third kappa shape index (κ3) is 2.71. The topological polar surface area (TPSA) is 0 Å². The lowest BCUT2D eigenvalue weighted by molar-refractivity contribution is 0.760. The molecule has 1 rings (SSSR count). The van der Waals surface area contributed by atoms with Gasteiger partial charge in [-0.1, -0.05) is 6.92 Å². The Morgan fingerprint density at radius 3 is 2.75 bits per heavy atom. The van der Waals surface area contributed by atoms with Gasteiger partial charge in [-0.3, -0.25) is 0 Å². The van der Waals surface area contributed by atoms with Gasteiger partial charge < -0.3 is 0 Å². The second-order valence-electron chi connectivity index (χ2n) is 3.01. The van der Waals surface area contributed by atoms with Crippen molar-refractivity contribution >= 4 is 11.3 Å². The molecule has 0 saturated heterocycles. The molecule has 0 N–H and O–H groups in total. The molecule has 0 fully saturated rings. The average Bonchev–Trinajstić information content (AvgIpc) is 2.36. The standard InChI is InChI=1S/C11H14S/c1-4-5-9(2)8-11-7-6-10(3)12-11/h6-7,9H,8H2,1-3H3. The summed E-state index contributed by atoms with van der Waals surface area (Å²) in [4.78, 5) is 2.84. The van der Waals surface area contributed by atoms with E-state index in [-0.39, 0.29) is 0 Å². The second-order valence-corrected chi connectivity index (χ2v) is 4.38. The van der Waals surface area contributed by atoms with E-state index in [2.05, 4.69) is 37.8 Å². The van der Waals surface area contributed by atoms with Gasteiger partial charge in [-0.05, 0) is 32.4 Å². The van der Waals surface area contributed by atoms with Crippen LogP contribution in [0.3, 0.4) is 0 Å².